The fourth-order valence-electron chi connectivity index (χ4n) is 3.45. The molecule has 0 unspecified atom stereocenters. The van der Waals surface area contributed by atoms with Crippen molar-refractivity contribution in [2.24, 2.45) is 0 Å². The standard InChI is InChI=1S/C21H14BrClN2O7S2/c22-15-7-3-1-5-13(15)21-18(33(27,28)29)9-12(10-19(21)34(30,31)32)25-20(26)11-17(24-25)14-6-2-4-8-16(14)23/h1-11,24H,(H,27,28,29)(H,30,31,32). The number of halogens is 2. The summed E-state index contributed by atoms with van der Waals surface area (Å²) in [6, 6.07) is 15.7. The molecule has 3 N–H and O–H groups in total. The van der Waals surface area contributed by atoms with Crippen molar-refractivity contribution >= 4 is 47.8 Å². The number of aromatic amines is 1. The van der Waals surface area contributed by atoms with Gasteiger partial charge in [-0.1, -0.05) is 63.9 Å². The normalized spacial score (nSPS) is 12.1. The number of benzene rings is 3. The minimum absolute atomic E-state index is 0.0740. The number of hydrogen-bond donors (Lipinski definition) is 3. The molecule has 0 spiro atoms. The third kappa shape index (κ3) is 4.60. The van der Waals surface area contributed by atoms with Crippen LogP contribution >= 0.6 is 27.5 Å². The first-order valence-corrected chi connectivity index (χ1v) is 13.4. The SMILES string of the molecule is O=c1cc(-c2ccccc2Cl)[nH]n1-c1cc(S(=O)(=O)O)c(-c2ccccc2Br)c(S(=O)(=O)O)c1. The van der Waals surface area contributed by atoms with E-state index in [-0.39, 0.29) is 16.9 Å². The topological polar surface area (TPSA) is 147 Å². The molecule has 13 heteroatoms. The number of hydrogen-bond acceptors (Lipinski definition) is 5. The van der Waals surface area contributed by atoms with E-state index in [1.807, 2.05) is 0 Å². The van der Waals surface area contributed by atoms with Gasteiger partial charge in [-0.3, -0.25) is 19.0 Å². The van der Waals surface area contributed by atoms with Crippen LogP contribution in [-0.2, 0) is 20.2 Å². The van der Waals surface area contributed by atoms with Crippen molar-refractivity contribution in [1.82, 2.24) is 9.78 Å². The van der Waals surface area contributed by atoms with Crippen LogP contribution in [0, 0.1) is 0 Å². The average molecular weight is 586 g/mol. The van der Waals surface area contributed by atoms with Crippen molar-refractivity contribution in [1.29, 1.82) is 0 Å². The van der Waals surface area contributed by atoms with Gasteiger partial charge in [0.25, 0.3) is 25.8 Å². The molecule has 9 nitrogen and oxygen atoms in total. The van der Waals surface area contributed by atoms with Crippen LogP contribution in [0.5, 0.6) is 0 Å². The lowest BCUT2D eigenvalue weighted by Crippen LogP contribution is -2.16. The van der Waals surface area contributed by atoms with Crippen LogP contribution in [0.3, 0.4) is 0 Å². The highest BCUT2D eigenvalue weighted by Crippen LogP contribution is 2.39. The summed E-state index contributed by atoms with van der Waals surface area (Å²) in [5, 5.41) is 3.07. The van der Waals surface area contributed by atoms with Crippen LogP contribution in [0.25, 0.3) is 28.1 Å². The zero-order valence-electron chi connectivity index (χ0n) is 16.8. The minimum atomic E-state index is -5.02. The molecule has 3 aromatic carbocycles. The van der Waals surface area contributed by atoms with Gasteiger partial charge in [0.05, 0.1) is 11.4 Å². The summed E-state index contributed by atoms with van der Waals surface area (Å²) in [6.07, 6.45) is 0. The van der Waals surface area contributed by atoms with Gasteiger partial charge in [-0.25, -0.2) is 4.68 Å². The maximum Gasteiger partial charge on any atom is 0.295 e. The Morgan fingerprint density at radius 2 is 1.35 bits per heavy atom. The molecule has 176 valence electrons. The van der Waals surface area contributed by atoms with Crippen LogP contribution < -0.4 is 5.56 Å². The molecule has 0 radical (unpaired) electrons. The highest BCUT2D eigenvalue weighted by Gasteiger charge is 2.29. The zero-order chi connectivity index (χ0) is 24.8. The largest absolute Gasteiger partial charge is 0.295 e. The van der Waals surface area contributed by atoms with Crippen LogP contribution in [0.15, 0.2) is 85.8 Å². The van der Waals surface area contributed by atoms with E-state index >= 15 is 0 Å². The molecular formula is C21H14BrClN2O7S2. The average Bonchev–Trinajstić information content (AvgIpc) is 3.13. The molecule has 0 saturated carbocycles. The Morgan fingerprint density at radius 3 is 1.88 bits per heavy atom. The van der Waals surface area contributed by atoms with E-state index in [2.05, 4.69) is 21.0 Å². The van der Waals surface area contributed by atoms with E-state index in [4.69, 9.17) is 11.6 Å². The molecule has 0 fully saturated rings. The van der Waals surface area contributed by atoms with Crippen LogP contribution in [0.2, 0.25) is 5.02 Å². The molecule has 34 heavy (non-hydrogen) atoms. The van der Waals surface area contributed by atoms with E-state index in [0.29, 0.717) is 15.1 Å². The van der Waals surface area contributed by atoms with Crippen LogP contribution in [-0.4, -0.2) is 35.7 Å². The van der Waals surface area contributed by atoms with Crippen LogP contribution in [0.4, 0.5) is 0 Å². The highest BCUT2D eigenvalue weighted by atomic mass is 79.9. The summed E-state index contributed by atoms with van der Waals surface area (Å²) in [5.74, 6) is 0. The molecule has 0 aliphatic heterocycles. The smallest absolute Gasteiger partial charge is 0.290 e. The van der Waals surface area contributed by atoms with E-state index in [1.54, 1.807) is 30.3 Å². The molecule has 0 aliphatic rings. The molecule has 0 aliphatic carbocycles. The number of H-pyrrole nitrogens is 1. The van der Waals surface area contributed by atoms with Crippen molar-refractivity contribution in [3.05, 3.63) is 86.6 Å². The molecule has 0 saturated heterocycles. The summed E-state index contributed by atoms with van der Waals surface area (Å²) < 4.78 is 70.3. The second kappa shape index (κ2) is 8.80. The third-order valence-corrected chi connectivity index (χ3v) is 7.67. The Balaban J connectivity index is 2.07. The van der Waals surface area contributed by atoms with Gasteiger partial charge in [0, 0.05) is 26.7 Å². The summed E-state index contributed by atoms with van der Waals surface area (Å²) in [7, 11) is -10.0. The Hall–Kier alpha value is -2.74. The lowest BCUT2D eigenvalue weighted by atomic mass is 10.1. The maximum absolute atomic E-state index is 12.7. The Labute approximate surface area is 207 Å². The van der Waals surface area contributed by atoms with Gasteiger partial charge in [0.1, 0.15) is 9.79 Å². The predicted octanol–water partition coefficient (Wildman–Crippen LogP) is 4.41. The summed E-state index contributed by atoms with van der Waals surface area (Å²) in [6.45, 7) is 0. The monoisotopic (exact) mass is 584 g/mol. The van der Waals surface area contributed by atoms with Gasteiger partial charge in [0.15, 0.2) is 0 Å². The zero-order valence-corrected chi connectivity index (χ0v) is 20.8. The number of nitrogens with one attached hydrogen (secondary N) is 1. The molecule has 0 atom stereocenters. The number of aromatic nitrogens is 2. The second-order valence-corrected chi connectivity index (χ2v) is 11.1. The number of rotatable bonds is 5. The maximum atomic E-state index is 12.7. The van der Waals surface area contributed by atoms with E-state index in [9.17, 15) is 30.7 Å². The van der Waals surface area contributed by atoms with Gasteiger partial charge >= 0.3 is 0 Å². The van der Waals surface area contributed by atoms with Crippen molar-refractivity contribution in [3.63, 3.8) is 0 Å². The fraction of sp³-hybridized carbons (Fsp3) is 0. The van der Waals surface area contributed by atoms with E-state index in [0.717, 1.165) is 16.8 Å². The van der Waals surface area contributed by atoms with Gasteiger partial charge in [-0.2, -0.15) is 16.8 Å². The lowest BCUT2D eigenvalue weighted by molar-refractivity contribution is 0.481. The highest BCUT2D eigenvalue weighted by molar-refractivity contribution is 9.10. The van der Waals surface area contributed by atoms with Gasteiger partial charge in [-0.05, 0) is 29.8 Å². The molecular weight excluding hydrogens is 572 g/mol. The predicted molar refractivity (Wildman–Crippen MR) is 130 cm³/mol. The van der Waals surface area contributed by atoms with Gasteiger partial charge in [-0.15, -0.1) is 0 Å². The van der Waals surface area contributed by atoms with Crippen LogP contribution in [0.1, 0.15) is 0 Å². The first-order valence-electron chi connectivity index (χ1n) is 9.33. The second-order valence-electron chi connectivity index (χ2n) is 7.07. The summed E-state index contributed by atoms with van der Waals surface area (Å²) >= 11 is 9.40. The van der Waals surface area contributed by atoms with E-state index < -0.39 is 41.1 Å². The van der Waals surface area contributed by atoms with Crippen molar-refractivity contribution in [2.45, 2.75) is 9.79 Å². The molecule has 1 aromatic heterocycles. The first-order chi connectivity index (χ1) is 15.9. The molecule has 0 amide bonds. The molecule has 1 heterocycles. The molecule has 4 rings (SSSR count). The minimum Gasteiger partial charge on any atom is -0.290 e. The quantitative estimate of drug-likeness (QED) is 0.294. The van der Waals surface area contributed by atoms with Gasteiger partial charge < -0.3 is 0 Å². The van der Waals surface area contributed by atoms with Crippen molar-refractivity contribution in [3.8, 4) is 28.1 Å². The van der Waals surface area contributed by atoms with Crippen molar-refractivity contribution in [2.75, 3.05) is 0 Å². The van der Waals surface area contributed by atoms with Gasteiger partial charge in [0.2, 0.25) is 0 Å². The summed E-state index contributed by atoms with van der Waals surface area (Å²) in [5.41, 5.74) is -0.593. The lowest BCUT2D eigenvalue weighted by Gasteiger charge is -2.16. The van der Waals surface area contributed by atoms with E-state index in [1.165, 1.54) is 24.3 Å². The molecule has 4 aromatic rings. The first kappa shape index (κ1) is 24.4. The third-order valence-electron chi connectivity index (χ3n) is 4.89. The summed E-state index contributed by atoms with van der Waals surface area (Å²) in [4.78, 5) is 11.1. The fourth-order valence-corrected chi connectivity index (χ4v) is 5.73. The molecule has 0 bridgehead atoms. The number of nitrogens with zero attached hydrogens (tertiary/aromatic N) is 1. The Kier molecular flexibility index (Phi) is 6.31. The van der Waals surface area contributed by atoms with Crippen molar-refractivity contribution < 1.29 is 25.9 Å². The Morgan fingerprint density at radius 1 is 0.824 bits per heavy atom. The Bertz CT molecular complexity index is 1660.